The van der Waals surface area contributed by atoms with E-state index in [1.165, 1.54) is 0 Å². The molecule has 0 amide bonds. The summed E-state index contributed by atoms with van der Waals surface area (Å²) in [4.78, 5) is 28.0. The average Bonchev–Trinajstić information content (AvgIpc) is 2.94. The monoisotopic (exact) mass is 478 g/mol. The number of rotatable bonds is 4. The molecule has 37 heavy (non-hydrogen) atoms. The molecule has 0 N–H and O–H groups in total. The fourth-order valence-electron chi connectivity index (χ4n) is 4.47. The second-order valence-corrected chi connectivity index (χ2v) is 8.67. The number of aliphatic imine (C=N–C) groups is 3. The molecule has 0 fully saturated rings. The van der Waals surface area contributed by atoms with E-state index in [-0.39, 0.29) is 0 Å². The van der Waals surface area contributed by atoms with E-state index >= 15 is 0 Å². The third-order valence-corrected chi connectivity index (χ3v) is 6.29. The summed E-state index contributed by atoms with van der Waals surface area (Å²) in [5, 5.41) is 1.04. The SMILES string of the molecule is C=Nc1ccccc1/C=C(C)/C1=N/c2ccncc2/C(c2cnc3ccccc3c2)=N\c2ccncc21. The van der Waals surface area contributed by atoms with Crippen molar-refractivity contribution in [3.63, 3.8) is 0 Å². The van der Waals surface area contributed by atoms with Crippen LogP contribution in [-0.2, 0) is 0 Å². The van der Waals surface area contributed by atoms with E-state index in [4.69, 9.17) is 9.98 Å². The molecule has 3 aromatic heterocycles. The third kappa shape index (κ3) is 4.25. The van der Waals surface area contributed by atoms with Crippen molar-refractivity contribution in [1.82, 2.24) is 15.0 Å². The first kappa shape index (κ1) is 22.4. The maximum atomic E-state index is 5.15. The van der Waals surface area contributed by atoms with Crippen LogP contribution >= 0.6 is 0 Å². The molecular weight excluding hydrogens is 456 g/mol. The standard InChI is InChI=1S/C31H22N6/c1-20(15-21-7-3-5-9-26(21)32-2)30-24-18-33-13-11-28(24)37-31(25-19-34-14-12-29(25)36-30)23-16-22-8-4-6-10-27(22)35-17-23/h3-19H,2H2,1H3/b20-15+,30-24?,31-25?,36-29?,36-30-,37-28?,37-31-. The van der Waals surface area contributed by atoms with Crippen LogP contribution < -0.4 is 0 Å². The summed E-state index contributed by atoms with van der Waals surface area (Å²) in [5.74, 6) is 0. The highest BCUT2D eigenvalue weighted by atomic mass is 14.9. The number of para-hydroxylation sites is 2. The molecule has 6 heteroatoms. The molecule has 0 saturated heterocycles. The minimum Gasteiger partial charge on any atom is -0.264 e. The zero-order valence-corrected chi connectivity index (χ0v) is 20.2. The van der Waals surface area contributed by atoms with Gasteiger partial charge in [0, 0.05) is 58.6 Å². The Hall–Kier alpha value is -5.10. The van der Waals surface area contributed by atoms with Crippen LogP contribution in [0.15, 0.2) is 118 Å². The van der Waals surface area contributed by atoms with Gasteiger partial charge in [-0.1, -0.05) is 36.4 Å². The fourth-order valence-corrected chi connectivity index (χ4v) is 4.47. The molecule has 6 nitrogen and oxygen atoms in total. The summed E-state index contributed by atoms with van der Waals surface area (Å²) >= 11 is 0. The third-order valence-electron chi connectivity index (χ3n) is 6.29. The van der Waals surface area contributed by atoms with Crippen molar-refractivity contribution in [3.05, 3.63) is 126 Å². The first-order valence-electron chi connectivity index (χ1n) is 11.9. The number of nitrogens with zero attached hydrogens (tertiary/aromatic N) is 6. The lowest BCUT2D eigenvalue weighted by Crippen LogP contribution is -2.11. The lowest BCUT2D eigenvalue weighted by Gasteiger charge is -2.17. The van der Waals surface area contributed by atoms with Crippen molar-refractivity contribution in [2.75, 3.05) is 0 Å². The van der Waals surface area contributed by atoms with E-state index < -0.39 is 0 Å². The molecule has 6 rings (SSSR count). The summed E-state index contributed by atoms with van der Waals surface area (Å²) in [6, 6.07) is 21.9. The molecule has 0 atom stereocenters. The topological polar surface area (TPSA) is 75.8 Å². The van der Waals surface area contributed by atoms with Gasteiger partial charge < -0.3 is 0 Å². The highest BCUT2D eigenvalue weighted by Gasteiger charge is 2.21. The maximum Gasteiger partial charge on any atom is 0.0834 e. The maximum absolute atomic E-state index is 5.15. The van der Waals surface area contributed by atoms with Crippen molar-refractivity contribution in [3.8, 4) is 0 Å². The van der Waals surface area contributed by atoms with Crippen LogP contribution in [0.2, 0.25) is 0 Å². The molecule has 1 aliphatic heterocycles. The number of fused-ring (bicyclic) bond motifs is 3. The zero-order valence-electron chi connectivity index (χ0n) is 20.2. The Morgan fingerprint density at radius 2 is 1.54 bits per heavy atom. The second-order valence-electron chi connectivity index (χ2n) is 8.67. The van der Waals surface area contributed by atoms with E-state index in [0.29, 0.717) is 0 Å². The van der Waals surface area contributed by atoms with Crippen LogP contribution in [0.3, 0.4) is 0 Å². The van der Waals surface area contributed by atoms with E-state index in [9.17, 15) is 0 Å². The second kappa shape index (κ2) is 9.51. The number of aromatic nitrogens is 3. The molecule has 0 radical (unpaired) electrons. The molecule has 0 saturated carbocycles. The fraction of sp³-hybridized carbons (Fsp3) is 0.0323. The minimum absolute atomic E-state index is 0.763. The molecule has 176 valence electrons. The van der Waals surface area contributed by atoms with E-state index in [2.05, 4.69) is 44.9 Å². The first-order valence-corrected chi connectivity index (χ1v) is 11.9. The number of hydrogen-bond donors (Lipinski definition) is 0. The Labute approximate surface area is 214 Å². The Balaban J connectivity index is 1.57. The molecule has 1 aliphatic rings. The lowest BCUT2D eigenvalue weighted by molar-refractivity contribution is 1.26. The molecule has 4 heterocycles. The Kier molecular flexibility index (Phi) is 5.75. The summed E-state index contributed by atoms with van der Waals surface area (Å²) in [5.41, 5.74) is 9.34. The van der Waals surface area contributed by atoms with Crippen molar-refractivity contribution < 1.29 is 0 Å². The van der Waals surface area contributed by atoms with Crippen molar-refractivity contribution in [2.24, 2.45) is 15.0 Å². The first-order chi connectivity index (χ1) is 18.2. The van der Waals surface area contributed by atoms with Crippen LogP contribution in [-0.4, -0.2) is 33.1 Å². The van der Waals surface area contributed by atoms with Crippen LogP contribution in [0.1, 0.15) is 29.2 Å². The Morgan fingerprint density at radius 3 is 2.38 bits per heavy atom. The minimum atomic E-state index is 0.763. The van der Waals surface area contributed by atoms with Gasteiger partial charge in [-0.2, -0.15) is 0 Å². The molecule has 0 unspecified atom stereocenters. The molecule has 2 aromatic carbocycles. The van der Waals surface area contributed by atoms with Crippen LogP contribution in [0.5, 0.6) is 0 Å². The summed E-state index contributed by atoms with van der Waals surface area (Å²) < 4.78 is 0. The smallest absolute Gasteiger partial charge is 0.0834 e. The van der Waals surface area contributed by atoms with E-state index in [1.54, 1.807) is 12.4 Å². The summed E-state index contributed by atoms with van der Waals surface area (Å²) in [6.45, 7) is 5.75. The molecule has 0 bridgehead atoms. The lowest BCUT2D eigenvalue weighted by atomic mass is 9.97. The predicted octanol–water partition coefficient (Wildman–Crippen LogP) is 7.06. The zero-order chi connectivity index (χ0) is 25.2. The van der Waals surface area contributed by atoms with E-state index in [1.807, 2.05) is 80.1 Å². The Morgan fingerprint density at radius 1 is 0.811 bits per heavy atom. The number of pyridine rings is 3. The molecule has 0 spiro atoms. The van der Waals surface area contributed by atoms with Gasteiger partial charge in [0.2, 0.25) is 0 Å². The van der Waals surface area contributed by atoms with Gasteiger partial charge >= 0.3 is 0 Å². The van der Waals surface area contributed by atoms with Crippen molar-refractivity contribution >= 4 is 52.2 Å². The van der Waals surface area contributed by atoms with Gasteiger partial charge in [0.25, 0.3) is 0 Å². The quantitative estimate of drug-likeness (QED) is 0.259. The van der Waals surface area contributed by atoms with Crippen LogP contribution in [0, 0.1) is 0 Å². The van der Waals surface area contributed by atoms with Crippen LogP contribution in [0.4, 0.5) is 17.1 Å². The van der Waals surface area contributed by atoms with Gasteiger partial charge in [-0.15, -0.1) is 0 Å². The number of benzene rings is 2. The van der Waals surface area contributed by atoms with Gasteiger partial charge in [-0.25, -0.2) is 9.98 Å². The van der Waals surface area contributed by atoms with E-state index in [0.717, 1.165) is 67.2 Å². The van der Waals surface area contributed by atoms with Crippen LogP contribution in [0.25, 0.3) is 17.0 Å². The van der Waals surface area contributed by atoms with Gasteiger partial charge in [-0.3, -0.25) is 19.9 Å². The predicted molar refractivity (Wildman–Crippen MR) is 151 cm³/mol. The normalized spacial score (nSPS) is 15.9. The van der Waals surface area contributed by atoms with Crippen molar-refractivity contribution in [2.45, 2.75) is 6.92 Å². The largest absolute Gasteiger partial charge is 0.264 e. The highest BCUT2D eigenvalue weighted by molar-refractivity contribution is 6.23. The highest BCUT2D eigenvalue weighted by Crippen LogP contribution is 2.33. The number of hydrogen-bond acceptors (Lipinski definition) is 6. The Bertz CT molecular complexity index is 1760. The van der Waals surface area contributed by atoms with Gasteiger partial charge in [0.15, 0.2) is 0 Å². The summed E-state index contributed by atoms with van der Waals surface area (Å²) in [6.07, 6.45) is 11.0. The van der Waals surface area contributed by atoms with Gasteiger partial charge in [-0.05, 0) is 55.6 Å². The summed E-state index contributed by atoms with van der Waals surface area (Å²) in [7, 11) is 0. The number of allylic oxidation sites excluding steroid dienone is 1. The molecule has 0 aliphatic carbocycles. The molecule has 5 aromatic rings. The molecular formula is C31H22N6. The van der Waals surface area contributed by atoms with Crippen molar-refractivity contribution in [1.29, 1.82) is 0 Å². The van der Waals surface area contributed by atoms with Gasteiger partial charge in [0.1, 0.15) is 0 Å². The van der Waals surface area contributed by atoms with Gasteiger partial charge in [0.05, 0.1) is 34.0 Å². The average molecular weight is 479 g/mol.